The van der Waals surface area contributed by atoms with Gasteiger partial charge >= 0.3 is 0 Å². The van der Waals surface area contributed by atoms with Crippen molar-refractivity contribution in [1.29, 1.82) is 5.26 Å². The molecule has 2 rings (SSSR count). The molecule has 0 amide bonds. The number of anilines is 1. The van der Waals surface area contributed by atoms with E-state index in [0.29, 0.717) is 5.69 Å². The zero-order valence-electron chi connectivity index (χ0n) is 10.6. The van der Waals surface area contributed by atoms with Gasteiger partial charge < -0.3 is 11.1 Å². The van der Waals surface area contributed by atoms with E-state index in [-0.39, 0.29) is 6.04 Å². The van der Waals surface area contributed by atoms with Gasteiger partial charge in [0.05, 0.1) is 11.9 Å². The molecule has 0 saturated heterocycles. The average molecular weight is 252 g/mol. The Morgan fingerprint density at radius 3 is 2.63 bits per heavy atom. The van der Waals surface area contributed by atoms with Gasteiger partial charge in [0.2, 0.25) is 0 Å². The van der Waals surface area contributed by atoms with Gasteiger partial charge in [0.15, 0.2) is 0 Å². The summed E-state index contributed by atoms with van der Waals surface area (Å²) < 4.78 is 0. The number of pyridine rings is 1. The van der Waals surface area contributed by atoms with E-state index in [0.717, 1.165) is 24.2 Å². The van der Waals surface area contributed by atoms with E-state index in [4.69, 9.17) is 11.0 Å². The SMILES string of the molecule is N#Cc1ccc(NCCC(N)c2ccccc2)cn1. The molecule has 3 N–H and O–H groups in total. The summed E-state index contributed by atoms with van der Waals surface area (Å²) in [6.45, 7) is 0.768. The molecule has 2 aromatic rings. The first-order chi connectivity index (χ1) is 9.29. The molecule has 1 aromatic heterocycles. The Bertz CT molecular complexity index is 543. The van der Waals surface area contributed by atoms with E-state index in [1.54, 1.807) is 12.3 Å². The molecule has 0 radical (unpaired) electrons. The second kappa shape index (κ2) is 6.53. The first-order valence-corrected chi connectivity index (χ1v) is 6.20. The molecule has 1 atom stereocenters. The molecule has 0 aliphatic carbocycles. The molecule has 0 bridgehead atoms. The number of nitrogens with two attached hydrogens (primary N) is 1. The van der Waals surface area contributed by atoms with Crippen molar-refractivity contribution >= 4 is 5.69 Å². The number of nitrogens with one attached hydrogen (secondary N) is 1. The summed E-state index contributed by atoms with van der Waals surface area (Å²) >= 11 is 0. The minimum Gasteiger partial charge on any atom is -0.384 e. The Morgan fingerprint density at radius 2 is 2.00 bits per heavy atom. The van der Waals surface area contributed by atoms with Crippen molar-refractivity contribution in [1.82, 2.24) is 4.98 Å². The van der Waals surface area contributed by atoms with Gasteiger partial charge in [-0.3, -0.25) is 0 Å². The van der Waals surface area contributed by atoms with Crippen LogP contribution in [0.5, 0.6) is 0 Å². The van der Waals surface area contributed by atoms with Gasteiger partial charge in [-0.2, -0.15) is 5.26 Å². The fourth-order valence-electron chi connectivity index (χ4n) is 1.80. The highest BCUT2D eigenvalue weighted by Crippen LogP contribution is 2.13. The van der Waals surface area contributed by atoms with E-state index >= 15 is 0 Å². The third kappa shape index (κ3) is 3.80. The lowest BCUT2D eigenvalue weighted by atomic mass is 10.1. The normalized spacial score (nSPS) is 11.6. The molecule has 96 valence electrons. The number of hydrogen-bond donors (Lipinski definition) is 2. The topological polar surface area (TPSA) is 74.7 Å². The third-order valence-corrected chi connectivity index (χ3v) is 2.89. The Labute approximate surface area is 112 Å². The third-order valence-electron chi connectivity index (χ3n) is 2.89. The second-order valence-corrected chi connectivity index (χ2v) is 4.28. The molecule has 1 aromatic carbocycles. The smallest absolute Gasteiger partial charge is 0.140 e. The number of rotatable bonds is 5. The van der Waals surface area contributed by atoms with Crippen LogP contribution in [0.3, 0.4) is 0 Å². The van der Waals surface area contributed by atoms with Gasteiger partial charge in [-0.1, -0.05) is 30.3 Å². The predicted octanol–water partition coefficient (Wildman–Crippen LogP) is 2.46. The monoisotopic (exact) mass is 252 g/mol. The van der Waals surface area contributed by atoms with Crippen LogP contribution in [0.4, 0.5) is 5.69 Å². The van der Waals surface area contributed by atoms with Gasteiger partial charge in [0.25, 0.3) is 0 Å². The van der Waals surface area contributed by atoms with E-state index in [9.17, 15) is 0 Å². The van der Waals surface area contributed by atoms with Crippen LogP contribution in [0.15, 0.2) is 48.7 Å². The maximum atomic E-state index is 8.65. The first-order valence-electron chi connectivity index (χ1n) is 6.20. The van der Waals surface area contributed by atoms with Gasteiger partial charge in [0.1, 0.15) is 11.8 Å². The molecular formula is C15H16N4. The van der Waals surface area contributed by atoms with Crippen molar-refractivity contribution < 1.29 is 0 Å². The van der Waals surface area contributed by atoms with E-state index in [1.807, 2.05) is 42.5 Å². The van der Waals surface area contributed by atoms with Crippen LogP contribution in [0, 0.1) is 11.3 Å². The lowest BCUT2D eigenvalue weighted by Crippen LogP contribution is -2.15. The highest BCUT2D eigenvalue weighted by atomic mass is 14.9. The summed E-state index contributed by atoms with van der Waals surface area (Å²) in [7, 11) is 0. The van der Waals surface area contributed by atoms with Crippen LogP contribution in [-0.4, -0.2) is 11.5 Å². The molecule has 0 saturated carbocycles. The fraction of sp³-hybridized carbons (Fsp3) is 0.200. The molecule has 0 aliphatic heterocycles. The van der Waals surface area contributed by atoms with Gasteiger partial charge in [-0.05, 0) is 24.1 Å². The summed E-state index contributed by atoms with van der Waals surface area (Å²) in [5.74, 6) is 0. The quantitative estimate of drug-likeness (QED) is 0.857. The number of benzene rings is 1. The molecule has 0 fully saturated rings. The summed E-state index contributed by atoms with van der Waals surface area (Å²) in [6.07, 6.45) is 2.50. The second-order valence-electron chi connectivity index (χ2n) is 4.28. The largest absolute Gasteiger partial charge is 0.384 e. The Balaban J connectivity index is 1.81. The van der Waals surface area contributed by atoms with Gasteiger partial charge in [0, 0.05) is 12.6 Å². The lowest BCUT2D eigenvalue weighted by Gasteiger charge is -2.13. The highest BCUT2D eigenvalue weighted by Gasteiger charge is 2.04. The van der Waals surface area contributed by atoms with Crippen LogP contribution in [0.1, 0.15) is 23.7 Å². The Morgan fingerprint density at radius 1 is 1.21 bits per heavy atom. The summed E-state index contributed by atoms with van der Waals surface area (Å²) in [6, 6.07) is 15.6. The van der Waals surface area contributed by atoms with Crippen molar-refractivity contribution in [2.45, 2.75) is 12.5 Å². The maximum Gasteiger partial charge on any atom is 0.140 e. The lowest BCUT2D eigenvalue weighted by molar-refractivity contribution is 0.675. The van der Waals surface area contributed by atoms with Crippen LogP contribution < -0.4 is 11.1 Å². The molecule has 1 unspecified atom stereocenters. The summed E-state index contributed by atoms with van der Waals surface area (Å²) in [5, 5.41) is 11.9. The Hall–Kier alpha value is -2.38. The van der Waals surface area contributed by atoms with Crippen molar-refractivity contribution in [3.05, 3.63) is 59.9 Å². The summed E-state index contributed by atoms with van der Waals surface area (Å²) in [5.41, 5.74) is 8.57. The minimum absolute atomic E-state index is 0.0278. The van der Waals surface area contributed by atoms with E-state index < -0.39 is 0 Å². The first kappa shape index (κ1) is 13.1. The van der Waals surface area contributed by atoms with Gasteiger partial charge in [-0.15, -0.1) is 0 Å². The number of aromatic nitrogens is 1. The van der Waals surface area contributed by atoms with Gasteiger partial charge in [-0.25, -0.2) is 4.98 Å². The van der Waals surface area contributed by atoms with Crippen molar-refractivity contribution in [3.8, 4) is 6.07 Å². The molecule has 0 spiro atoms. The Kier molecular flexibility index (Phi) is 4.49. The van der Waals surface area contributed by atoms with Crippen molar-refractivity contribution in [2.75, 3.05) is 11.9 Å². The molecule has 4 heteroatoms. The standard InChI is InChI=1S/C15H16N4/c16-10-13-6-7-14(11-19-13)18-9-8-15(17)12-4-2-1-3-5-12/h1-7,11,15,18H,8-9,17H2. The predicted molar refractivity (Wildman–Crippen MR) is 75.4 cm³/mol. The zero-order chi connectivity index (χ0) is 13.5. The van der Waals surface area contributed by atoms with Crippen LogP contribution in [-0.2, 0) is 0 Å². The molecule has 0 aliphatic rings. The number of nitriles is 1. The fourth-order valence-corrected chi connectivity index (χ4v) is 1.80. The average Bonchev–Trinajstić information content (AvgIpc) is 2.49. The minimum atomic E-state index is 0.0278. The molecular weight excluding hydrogens is 236 g/mol. The maximum absolute atomic E-state index is 8.65. The molecule has 4 nitrogen and oxygen atoms in total. The van der Waals surface area contributed by atoms with E-state index in [2.05, 4.69) is 10.3 Å². The van der Waals surface area contributed by atoms with Crippen LogP contribution in [0.25, 0.3) is 0 Å². The highest BCUT2D eigenvalue weighted by molar-refractivity contribution is 5.42. The van der Waals surface area contributed by atoms with E-state index in [1.165, 1.54) is 0 Å². The van der Waals surface area contributed by atoms with Crippen molar-refractivity contribution in [3.63, 3.8) is 0 Å². The summed E-state index contributed by atoms with van der Waals surface area (Å²) in [4.78, 5) is 4.00. The molecule has 1 heterocycles. The molecule has 19 heavy (non-hydrogen) atoms. The number of nitrogens with zero attached hydrogens (tertiary/aromatic N) is 2. The zero-order valence-corrected chi connectivity index (χ0v) is 10.6. The van der Waals surface area contributed by atoms with Crippen LogP contribution >= 0.6 is 0 Å². The van der Waals surface area contributed by atoms with Crippen LogP contribution in [0.2, 0.25) is 0 Å². The van der Waals surface area contributed by atoms with Crippen molar-refractivity contribution in [2.24, 2.45) is 5.73 Å². The number of hydrogen-bond acceptors (Lipinski definition) is 4.